The number of hydrogen-bond donors (Lipinski definition) is 1. The highest BCUT2D eigenvalue weighted by molar-refractivity contribution is 5.87. The summed E-state index contributed by atoms with van der Waals surface area (Å²) < 4.78 is 124. The van der Waals surface area contributed by atoms with E-state index in [9.17, 15) is 6.17 Å². The van der Waals surface area contributed by atoms with Crippen LogP contribution in [0.1, 0.15) is 33.8 Å². The van der Waals surface area contributed by atoms with E-state index in [0.29, 0.717) is 0 Å². The molecule has 7 heteroatoms. The lowest BCUT2D eigenvalue weighted by Gasteiger charge is -2.41. The second kappa shape index (κ2) is 6.24. The van der Waals surface area contributed by atoms with Crippen LogP contribution in [0, 0.1) is 12.5 Å². The van der Waals surface area contributed by atoms with Crippen LogP contribution in [0.5, 0.6) is 0 Å². The van der Waals surface area contributed by atoms with Gasteiger partial charge in [-0.1, -0.05) is 6.85 Å². The highest BCUT2D eigenvalue weighted by Gasteiger charge is 2.33. The molecule has 1 aliphatic heterocycles. The van der Waals surface area contributed by atoms with Gasteiger partial charge in [-0.05, 0) is 18.4 Å². The van der Waals surface area contributed by atoms with Crippen LogP contribution in [-0.4, -0.2) is 58.2 Å². The molecule has 3 heterocycles. The normalized spacial score (nSPS) is 42.3. The number of carbonyl (C=O) groups is 1. The van der Waals surface area contributed by atoms with E-state index in [-0.39, 0.29) is 15.9 Å². The number of amides is 1. The Hall–Kier alpha value is -2.62. The number of likely N-dealkylation sites (tertiary alicyclic amines) is 1. The van der Waals surface area contributed by atoms with Crippen LogP contribution in [0.3, 0.4) is 0 Å². The molecule has 1 saturated heterocycles. The minimum absolute atomic E-state index is 0.0368. The molecule has 120 valence electrons. The van der Waals surface area contributed by atoms with Gasteiger partial charge < -0.3 is 19.6 Å². The van der Waals surface area contributed by atoms with Gasteiger partial charge in [0, 0.05) is 39.9 Å². The molecule has 0 saturated carbocycles. The molecule has 0 spiro atoms. The van der Waals surface area contributed by atoms with E-state index < -0.39 is 68.3 Å². The summed E-state index contributed by atoms with van der Waals surface area (Å²) >= 11 is 0. The molecule has 23 heavy (non-hydrogen) atoms. The Morgan fingerprint density at radius 1 is 1.78 bits per heavy atom. The van der Waals surface area contributed by atoms with Crippen LogP contribution < -0.4 is 4.90 Å². The minimum atomic E-state index is -4.11. The fourth-order valence-corrected chi connectivity index (χ4v) is 1.93. The Balaban J connectivity index is 2.56. The number of nitrogens with zero attached hydrogens (tertiary/aromatic N) is 5. The molecule has 0 radical (unpaired) electrons. The molecule has 0 aromatic carbocycles. The number of rotatable bonds is 3. The van der Waals surface area contributed by atoms with Gasteiger partial charge in [0.2, 0.25) is 0 Å². The standard InChI is InChI=1S/C16H20N6O/c1-11-5-7-22(14(23)8-17-2)9-13(11)21(3)16-12-4-6-18-15(12)19-10-20-16/h4,6,10-11,13H,5,7-9H2,1,3H3,(H,18,19,20)/t11-,13+/m1/s1/i1D3,3D3,5D2,7D2,8D2,9D2,13D. The SMILES string of the molecule is [2H]C([2H])([N+]#[C-])C(=O)N1C([2H])([2H])C([2H])([2H])[C@@H](C([2H])([2H])[2H])[C@@]([2H])(N(c2ncnc3[nH]ccc23)C([2H])([2H])[2H])C1([2H])[2H]. The zero-order valence-electron chi connectivity index (χ0n) is 26.5. The molecule has 0 aliphatic carbocycles. The Kier molecular flexibility index (Phi) is 1.49. The number of aromatic nitrogens is 3. The first-order valence-electron chi connectivity index (χ1n) is 13.7. The van der Waals surface area contributed by atoms with Crippen molar-refractivity contribution < 1.29 is 25.4 Å². The van der Waals surface area contributed by atoms with Crippen LogP contribution in [0.25, 0.3) is 15.9 Å². The lowest BCUT2D eigenvalue weighted by Crippen LogP contribution is -2.53. The largest absolute Gasteiger partial charge is 0.354 e. The Morgan fingerprint density at radius 3 is 3.48 bits per heavy atom. The zero-order chi connectivity index (χ0) is 29.5. The maximum Gasteiger partial charge on any atom is 0.302 e. The second-order valence-corrected chi connectivity index (χ2v) is 4.32. The van der Waals surface area contributed by atoms with Crippen molar-refractivity contribution in [3.63, 3.8) is 0 Å². The monoisotopic (exact) mass is 327 g/mol. The quantitative estimate of drug-likeness (QED) is 0.869. The van der Waals surface area contributed by atoms with Gasteiger partial charge in [0.1, 0.15) is 20.5 Å². The molecule has 1 aliphatic rings. The molecule has 2 atom stereocenters. The van der Waals surface area contributed by atoms with Gasteiger partial charge in [0.15, 0.2) is 0 Å². The predicted molar refractivity (Wildman–Crippen MR) is 87.9 cm³/mol. The lowest BCUT2D eigenvalue weighted by molar-refractivity contribution is -0.130. The van der Waals surface area contributed by atoms with E-state index in [1.165, 1.54) is 12.3 Å². The summed E-state index contributed by atoms with van der Waals surface area (Å²) in [5.74, 6) is -6.19. The summed E-state index contributed by atoms with van der Waals surface area (Å²) in [6, 6.07) is -2.73. The maximum atomic E-state index is 13.1. The highest BCUT2D eigenvalue weighted by atomic mass is 16.2. The van der Waals surface area contributed by atoms with E-state index >= 15 is 0 Å². The number of anilines is 1. The first-order chi connectivity index (χ1) is 16.9. The lowest BCUT2D eigenvalue weighted by atomic mass is 9.92. The van der Waals surface area contributed by atoms with E-state index in [1.54, 1.807) is 0 Å². The number of piperidine rings is 1. The summed E-state index contributed by atoms with van der Waals surface area (Å²) in [5.41, 5.74) is -0.0368. The van der Waals surface area contributed by atoms with Crippen molar-refractivity contribution in [2.24, 2.45) is 5.92 Å². The number of carbonyl (C=O) groups excluding carboxylic acids is 1. The van der Waals surface area contributed by atoms with Crippen LogP contribution in [-0.2, 0) is 4.79 Å². The molecule has 2 aromatic rings. The predicted octanol–water partition coefficient (Wildman–Crippen LogP) is 1.55. The van der Waals surface area contributed by atoms with Crippen molar-refractivity contribution in [3.8, 4) is 0 Å². The summed E-state index contributed by atoms with van der Waals surface area (Å²) in [6.45, 7) is -12.3. The third-order valence-corrected chi connectivity index (χ3v) is 2.96. The van der Waals surface area contributed by atoms with E-state index in [2.05, 4.69) is 19.8 Å². The van der Waals surface area contributed by atoms with Gasteiger partial charge in [-0.25, -0.2) is 16.5 Å². The molecular weight excluding hydrogens is 292 g/mol. The van der Waals surface area contributed by atoms with Crippen molar-refractivity contribution in [3.05, 3.63) is 30.0 Å². The third-order valence-electron chi connectivity index (χ3n) is 2.96. The fourth-order valence-electron chi connectivity index (χ4n) is 1.93. The van der Waals surface area contributed by atoms with Gasteiger partial charge >= 0.3 is 5.91 Å². The van der Waals surface area contributed by atoms with Crippen LogP contribution in [0.2, 0.25) is 0 Å². The van der Waals surface area contributed by atoms with Gasteiger partial charge in [0.05, 0.1) is 15.5 Å². The molecule has 2 aromatic heterocycles. The molecule has 0 unspecified atom stereocenters. The summed E-state index contributed by atoms with van der Waals surface area (Å²) in [5, 5.41) is -0.168. The summed E-state index contributed by atoms with van der Waals surface area (Å²) in [7, 11) is 0. The molecule has 7 nitrogen and oxygen atoms in total. The smallest absolute Gasteiger partial charge is 0.302 e. The van der Waals surface area contributed by atoms with E-state index in [0.717, 1.165) is 6.33 Å². The van der Waals surface area contributed by atoms with Crippen molar-refractivity contribution in [2.45, 2.75) is 19.2 Å². The first-order valence-corrected chi connectivity index (χ1v) is 6.23. The number of aromatic amines is 1. The molecule has 3 rings (SSSR count). The molecule has 1 fully saturated rings. The fraction of sp³-hybridized carbons (Fsp3) is 0.500. The minimum Gasteiger partial charge on any atom is -0.354 e. The summed E-state index contributed by atoms with van der Waals surface area (Å²) in [4.78, 5) is 24.9. The van der Waals surface area contributed by atoms with E-state index in [1.807, 2.05) is 0 Å². The average Bonchev–Trinajstić information content (AvgIpc) is 3.20. The number of H-pyrrole nitrogens is 1. The van der Waals surface area contributed by atoms with Gasteiger partial charge in [-0.3, -0.25) is 4.79 Å². The van der Waals surface area contributed by atoms with E-state index in [4.69, 9.17) is 25.8 Å². The third kappa shape index (κ3) is 2.84. The van der Waals surface area contributed by atoms with Crippen molar-refractivity contribution >= 4 is 22.8 Å². The Morgan fingerprint density at radius 2 is 2.70 bits per heavy atom. The van der Waals surface area contributed by atoms with Crippen molar-refractivity contribution in [2.75, 3.05) is 31.4 Å². The highest BCUT2D eigenvalue weighted by Crippen LogP contribution is 2.28. The number of fused-ring (bicyclic) bond motifs is 1. The van der Waals surface area contributed by atoms with Crippen molar-refractivity contribution in [1.82, 2.24) is 19.9 Å². The Labute approximate surface area is 156 Å². The number of hydrogen-bond acceptors (Lipinski definition) is 4. The van der Waals surface area contributed by atoms with Crippen LogP contribution in [0.15, 0.2) is 18.6 Å². The molecule has 0 bridgehead atoms. The topological polar surface area (TPSA) is 69.5 Å². The van der Waals surface area contributed by atoms with Crippen molar-refractivity contribution in [1.29, 1.82) is 0 Å². The maximum absolute atomic E-state index is 13.1. The van der Waals surface area contributed by atoms with Gasteiger partial charge in [-0.15, -0.1) is 0 Å². The summed E-state index contributed by atoms with van der Waals surface area (Å²) in [6.07, 6.45) is -1.85. The Bertz CT molecular complexity index is 1290. The number of likely N-dealkylation sites (N-methyl/N-ethyl adjacent to an activating group) is 1. The molecule has 1 N–H and O–H groups in total. The number of nitrogens with one attached hydrogen (secondary N) is 1. The molecular formula is C16H20N6O. The van der Waals surface area contributed by atoms with Gasteiger partial charge in [0.25, 0.3) is 6.50 Å². The second-order valence-electron chi connectivity index (χ2n) is 4.32. The van der Waals surface area contributed by atoms with Gasteiger partial charge in [-0.2, -0.15) is 0 Å². The molecule has 1 amide bonds. The zero-order valence-corrected chi connectivity index (χ0v) is 11.5. The first kappa shape index (κ1) is 5.48. The van der Waals surface area contributed by atoms with Crippen LogP contribution >= 0.6 is 0 Å². The van der Waals surface area contributed by atoms with Crippen LogP contribution in [0.4, 0.5) is 5.82 Å². The average molecular weight is 327 g/mol.